The molecule has 1 aromatic carbocycles. The van der Waals surface area contributed by atoms with Gasteiger partial charge >= 0.3 is 0 Å². The van der Waals surface area contributed by atoms with E-state index in [1.807, 2.05) is 42.1 Å². The first-order valence-electron chi connectivity index (χ1n) is 5.43. The molecule has 1 atom stereocenters. The van der Waals surface area contributed by atoms with Crippen LogP contribution in [-0.2, 0) is 5.60 Å². The van der Waals surface area contributed by atoms with Gasteiger partial charge in [0.15, 0.2) is 0 Å². The lowest BCUT2D eigenvalue weighted by Crippen LogP contribution is -2.24. The molecule has 1 N–H and O–H groups in total. The quantitative estimate of drug-likeness (QED) is 0.818. The van der Waals surface area contributed by atoms with Crippen molar-refractivity contribution in [3.63, 3.8) is 0 Å². The van der Waals surface area contributed by atoms with E-state index in [4.69, 9.17) is 0 Å². The van der Waals surface area contributed by atoms with Gasteiger partial charge < -0.3 is 5.11 Å². The van der Waals surface area contributed by atoms with Crippen LogP contribution in [0.4, 0.5) is 0 Å². The first kappa shape index (κ1) is 10.1. The molecule has 0 amide bonds. The molecule has 0 bridgehead atoms. The van der Waals surface area contributed by atoms with E-state index < -0.39 is 5.60 Å². The van der Waals surface area contributed by atoms with E-state index >= 15 is 0 Å². The molecule has 0 spiro atoms. The van der Waals surface area contributed by atoms with Crippen LogP contribution in [0.2, 0.25) is 0 Å². The van der Waals surface area contributed by atoms with E-state index in [0.717, 1.165) is 34.4 Å². The van der Waals surface area contributed by atoms with Crippen LogP contribution in [0.5, 0.6) is 0 Å². The van der Waals surface area contributed by atoms with E-state index in [2.05, 4.69) is 4.98 Å². The maximum atomic E-state index is 10.5. The summed E-state index contributed by atoms with van der Waals surface area (Å²) < 4.78 is 0. The first-order chi connectivity index (χ1) is 7.78. The van der Waals surface area contributed by atoms with Crippen molar-refractivity contribution >= 4 is 22.7 Å². The number of pyridine rings is 1. The molecule has 1 aromatic heterocycles. The van der Waals surface area contributed by atoms with Crippen LogP contribution < -0.4 is 0 Å². The van der Waals surface area contributed by atoms with Gasteiger partial charge in [-0.05, 0) is 29.9 Å². The van der Waals surface area contributed by atoms with Crippen LogP contribution in [0.15, 0.2) is 36.5 Å². The molecule has 1 saturated heterocycles. The summed E-state index contributed by atoms with van der Waals surface area (Å²) in [5, 5.41) is 11.6. The minimum Gasteiger partial charge on any atom is -0.384 e. The molecular weight excluding hydrogens is 218 g/mol. The third-order valence-electron chi connectivity index (χ3n) is 3.14. The number of hydrogen-bond acceptors (Lipinski definition) is 3. The van der Waals surface area contributed by atoms with Gasteiger partial charge in [-0.3, -0.25) is 4.98 Å². The molecule has 0 saturated carbocycles. The van der Waals surface area contributed by atoms with Crippen molar-refractivity contribution in [1.29, 1.82) is 0 Å². The summed E-state index contributed by atoms with van der Waals surface area (Å²) in [5.41, 5.74) is 1.32. The highest BCUT2D eigenvalue weighted by Crippen LogP contribution is 2.37. The number of fused-ring (bicyclic) bond motifs is 1. The lowest BCUT2D eigenvalue weighted by molar-refractivity contribution is 0.0659. The zero-order valence-corrected chi connectivity index (χ0v) is 9.70. The van der Waals surface area contributed by atoms with E-state index in [1.165, 1.54) is 0 Å². The molecule has 2 heterocycles. The Kier molecular flexibility index (Phi) is 2.37. The van der Waals surface area contributed by atoms with Crippen molar-refractivity contribution in [2.24, 2.45) is 0 Å². The molecule has 82 valence electrons. The SMILES string of the molecule is OC1(c2ccc3cccnc3c2)CCSC1. The van der Waals surface area contributed by atoms with Gasteiger partial charge in [0.2, 0.25) is 0 Å². The average Bonchev–Trinajstić information content (AvgIpc) is 2.77. The van der Waals surface area contributed by atoms with E-state index in [-0.39, 0.29) is 0 Å². The molecule has 16 heavy (non-hydrogen) atoms. The predicted molar refractivity (Wildman–Crippen MR) is 67.6 cm³/mol. The minimum absolute atomic E-state index is 0.642. The second-order valence-electron chi connectivity index (χ2n) is 4.25. The first-order valence-corrected chi connectivity index (χ1v) is 6.59. The average molecular weight is 231 g/mol. The fourth-order valence-corrected chi connectivity index (χ4v) is 3.41. The lowest BCUT2D eigenvalue weighted by atomic mass is 9.92. The zero-order valence-electron chi connectivity index (χ0n) is 8.89. The molecule has 2 nitrogen and oxygen atoms in total. The summed E-state index contributed by atoms with van der Waals surface area (Å²) in [6.45, 7) is 0. The molecule has 1 fully saturated rings. The highest BCUT2D eigenvalue weighted by Gasteiger charge is 2.33. The number of rotatable bonds is 1. The largest absolute Gasteiger partial charge is 0.384 e. The summed E-state index contributed by atoms with van der Waals surface area (Å²) in [4.78, 5) is 4.33. The van der Waals surface area contributed by atoms with Gasteiger partial charge in [0, 0.05) is 17.3 Å². The van der Waals surface area contributed by atoms with Gasteiger partial charge in [0.1, 0.15) is 0 Å². The van der Waals surface area contributed by atoms with Gasteiger partial charge in [-0.25, -0.2) is 0 Å². The second-order valence-corrected chi connectivity index (χ2v) is 5.35. The maximum Gasteiger partial charge on any atom is 0.0995 e. The van der Waals surface area contributed by atoms with Crippen LogP contribution >= 0.6 is 11.8 Å². The van der Waals surface area contributed by atoms with Gasteiger partial charge in [0.05, 0.1) is 11.1 Å². The number of thioether (sulfide) groups is 1. The summed E-state index contributed by atoms with van der Waals surface area (Å²) in [7, 11) is 0. The van der Waals surface area contributed by atoms with Gasteiger partial charge in [-0.1, -0.05) is 18.2 Å². The Balaban J connectivity index is 2.11. The third-order valence-corrected chi connectivity index (χ3v) is 4.32. The number of aliphatic hydroxyl groups is 1. The fraction of sp³-hybridized carbons (Fsp3) is 0.308. The summed E-state index contributed by atoms with van der Waals surface area (Å²) in [6, 6.07) is 10.1. The molecule has 3 rings (SSSR count). The normalized spacial score (nSPS) is 25.1. The molecule has 0 radical (unpaired) electrons. The van der Waals surface area contributed by atoms with Crippen LogP contribution in [0.3, 0.4) is 0 Å². The smallest absolute Gasteiger partial charge is 0.0995 e. The van der Waals surface area contributed by atoms with E-state index in [9.17, 15) is 5.11 Å². The molecule has 1 aliphatic heterocycles. The van der Waals surface area contributed by atoms with Crippen LogP contribution in [0.25, 0.3) is 10.9 Å². The molecular formula is C13H13NOS. The number of nitrogens with zero attached hydrogens (tertiary/aromatic N) is 1. The Hall–Kier alpha value is -1.06. The Labute approximate surface area is 98.7 Å². The van der Waals surface area contributed by atoms with Crippen molar-refractivity contribution in [2.45, 2.75) is 12.0 Å². The summed E-state index contributed by atoms with van der Waals surface area (Å²) in [5.74, 6) is 1.84. The molecule has 1 unspecified atom stereocenters. The Morgan fingerprint density at radius 1 is 1.31 bits per heavy atom. The second kappa shape index (κ2) is 3.75. The lowest BCUT2D eigenvalue weighted by Gasteiger charge is -2.21. The van der Waals surface area contributed by atoms with Crippen LogP contribution in [0, 0.1) is 0 Å². The van der Waals surface area contributed by atoms with Crippen molar-refractivity contribution < 1.29 is 5.11 Å². The summed E-state index contributed by atoms with van der Waals surface area (Å²) in [6.07, 6.45) is 2.63. The molecule has 3 heteroatoms. The number of hydrogen-bond donors (Lipinski definition) is 1. The van der Waals surface area contributed by atoms with Gasteiger partial charge in [0.25, 0.3) is 0 Å². The van der Waals surface area contributed by atoms with E-state index in [0.29, 0.717) is 0 Å². The number of aromatic nitrogens is 1. The van der Waals surface area contributed by atoms with Gasteiger partial charge in [-0.15, -0.1) is 0 Å². The fourth-order valence-electron chi connectivity index (χ4n) is 2.14. The third kappa shape index (κ3) is 1.60. The maximum absolute atomic E-state index is 10.5. The number of benzene rings is 1. The van der Waals surface area contributed by atoms with Crippen molar-refractivity contribution in [1.82, 2.24) is 4.98 Å². The molecule has 2 aromatic rings. The molecule has 1 aliphatic rings. The van der Waals surface area contributed by atoms with Crippen molar-refractivity contribution in [3.05, 3.63) is 42.1 Å². The van der Waals surface area contributed by atoms with Crippen molar-refractivity contribution in [2.75, 3.05) is 11.5 Å². The minimum atomic E-state index is -0.642. The Bertz CT molecular complexity index is 520. The van der Waals surface area contributed by atoms with Crippen LogP contribution in [-0.4, -0.2) is 21.6 Å². The highest BCUT2D eigenvalue weighted by atomic mass is 32.2. The predicted octanol–water partition coefficient (Wildman–Crippen LogP) is 2.56. The Morgan fingerprint density at radius 3 is 3.06 bits per heavy atom. The van der Waals surface area contributed by atoms with Crippen molar-refractivity contribution in [3.8, 4) is 0 Å². The monoisotopic (exact) mass is 231 g/mol. The Morgan fingerprint density at radius 2 is 2.25 bits per heavy atom. The van der Waals surface area contributed by atoms with Gasteiger partial charge in [-0.2, -0.15) is 11.8 Å². The van der Waals surface area contributed by atoms with Crippen LogP contribution in [0.1, 0.15) is 12.0 Å². The molecule has 0 aliphatic carbocycles. The zero-order chi connectivity index (χ0) is 11.0. The van der Waals surface area contributed by atoms with E-state index in [1.54, 1.807) is 6.20 Å². The highest BCUT2D eigenvalue weighted by molar-refractivity contribution is 7.99. The standard InChI is InChI=1S/C13H13NOS/c15-13(5-7-16-9-13)11-4-3-10-2-1-6-14-12(10)8-11/h1-4,6,8,15H,5,7,9H2. The summed E-state index contributed by atoms with van der Waals surface area (Å²) >= 11 is 1.81. The topological polar surface area (TPSA) is 33.1 Å².